The highest BCUT2D eigenvalue weighted by atomic mass is 16.2. The first kappa shape index (κ1) is 18.2. The zero-order chi connectivity index (χ0) is 19.8. The molecule has 1 amide bonds. The zero-order valence-electron chi connectivity index (χ0n) is 16.9. The van der Waals surface area contributed by atoms with Gasteiger partial charge in [0, 0.05) is 49.8 Å². The fourth-order valence-corrected chi connectivity index (χ4v) is 5.22. The first-order valence-electron chi connectivity index (χ1n) is 10.5. The molecule has 148 valence electrons. The summed E-state index contributed by atoms with van der Waals surface area (Å²) in [5.41, 5.74) is 2.57. The molecule has 2 aliphatic rings. The number of carbonyl (C=O) groups excluding carboxylic acids is 1. The van der Waals surface area contributed by atoms with Gasteiger partial charge in [0.25, 0.3) is 0 Å². The van der Waals surface area contributed by atoms with Crippen LogP contribution in [0, 0.1) is 11.3 Å². The number of hydrogen-bond acceptors (Lipinski definition) is 3. The zero-order valence-corrected chi connectivity index (χ0v) is 16.9. The van der Waals surface area contributed by atoms with E-state index in [1.54, 1.807) is 6.92 Å². The number of para-hydroxylation sites is 1. The Labute approximate surface area is 172 Å². The molecule has 2 aromatic carbocycles. The van der Waals surface area contributed by atoms with Gasteiger partial charge < -0.3 is 9.80 Å². The van der Waals surface area contributed by atoms with Crippen molar-refractivity contribution in [3.8, 4) is 0 Å². The molecule has 0 saturated carbocycles. The summed E-state index contributed by atoms with van der Waals surface area (Å²) in [6.07, 6.45) is 2.16. The van der Waals surface area contributed by atoms with Crippen molar-refractivity contribution in [1.82, 2.24) is 9.88 Å². The van der Waals surface area contributed by atoms with Gasteiger partial charge in [-0.15, -0.1) is 0 Å². The second-order valence-corrected chi connectivity index (χ2v) is 8.69. The molecule has 3 heterocycles. The summed E-state index contributed by atoms with van der Waals surface area (Å²) < 4.78 is 0. The lowest BCUT2D eigenvalue weighted by Gasteiger charge is -2.29. The maximum atomic E-state index is 12.1. The Morgan fingerprint density at radius 2 is 1.79 bits per heavy atom. The number of benzene rings is 2. The van der Waals surface area contributed by atoms with E-state index in [2.05, 4.69) is 70.5 Å². The molecular formula is C25H27N3O. The van der Waals surface area contributed by atoms with Crippen LogP contribution in [-0.2, 0) is 11.2 Å². The van der Waals surface area contributed by atoms with Gasteiger partial charge in [-0.05, 0) is 36.6 Å². The summed E-state index contributed by atoms with van der Waals surface area (Å²) in [7, 11) is 0. The minimum Gasteiger partial charge on any atom is -0.356 e. The molecule has 0 aliphatic carbocycles. The Bertz CT molecular complexity index is 1030. The molecule has 0 N–H and O–H groups in total. The van der Waals surface area contributed by atoms with Crippen molar-refractivity contribution in [2.24, 2.45) is 11.3 Å². The summed E-state index contributed by atoms with van der Waals surface area (Å²) in [6.45, 7) is 5.39. The van der Waals surface area contributed by atoms with Gasteiger partial charge >= 0.3 is 0 Å². The van der Waals surface area contributed by atoms with E-state index in [0.717, 1.165) is 50.4 Å². The van der Waals surface area contributed by atoms with E-state index in [9.17, 15) is 4.79 Å². The maximum Gasteiger partial charge on any atom is 0.219 e. The van der Waals surface area contributed by atoms with Gasteiger partial charge in [0.1, 0.15) is 5.82 Å². The van der Waals surface area contributed by atoms with E-state index >= 15 is 0 Å². The second-order valence-electron chi connectivity index (χ2n) is 8.69. The number of pyridine rings is 1. The molecule has 4 heteroatoms. The Balaban J connectivity index is 1.41. The lowest BCUT2D eigenvalue weighted by Crippen LogP contribution is -2.36. The predicted octanol–water partition coefficient (Wildman–Crippen LogP) is 4.15. The van der Waals surface area contributed by atoms with Crippen LogP contribution in [-0.4, -0.2) is 42.0 Å². The van der Waals surface area contributed by atoms with Gasteiger partial charge in [-0.2, -0.15) is 0 Å². The van der Waals surface area contributed by atoms with E-state index in [4.69, 9.17) is 4.98 Å². The van der Waals surface area contributed by atoms with E-state index < -0.39 is 0 Å². The largest absolute Gasteiger partial charge is 0.356 e. The SMILES string of the molecule is CC(=O)N1CC2CN(c3ccc4ccccc4n3)CC2(CCc2ccccc2)C1. The number of aromatic nitrogens is 1. The number of amides is 1. The third-order valence-corrected chi connectivity index (χ3v) is 6.87. The summed E-state index contributed by atoms with van der Waals surface area (Å²) in [5.74, 6) is 1.77. The van der Waals surface area contributed by atoms with Crippen LogP contribution >= 0.6 is 0 Å². The molecule has 0 bridgehead atoms. The van der Waals surface area contributed by atoms with Gasteiger partial charge in [0.15, 0.2) is 0 Å². The molecule has 1 aromatic heterocycles. The summed E-state index contributed by atoms with van der Waals surface area (Å²) >= 11 is 0. The standard InChI is InChI=1S/C25H27N3O/c1-19(29)27-15-22-16-28(24-12-11-21-9-5-6-10-23(21)26-24)18-25(22,17-27)14-13-20-7-3-2-4-8-20/h2-12,22H,13-18H2,1H3. The van der Waals surface area contributed by atoms with Crippen LogP contribution in [0.15, 0.2) is 66.7 Å². The monoisotopic (exact) mass is 385 g/mol. The number of nitrogens with zero attached hydrogens (tertiary/aromatic N) is 3. The van der Waals surface area contributed by atoms with Crippen molar-refractivity contribution in [1.29, 1.82) is 0 Å². The predicted molar refractivity (Wildman–Crippen MR) is 117 cm³/mol. The lowest BCUT2D eigenvalue weighted by molar-refractivity contribution is -0.128. The lowest BCUT2D eigenvalue weighted by atomic mass is 9.76. The van der Waals surface area contributed by atoms with Gasteiger partial charge in [-0.3, -0.25) is 4.79 Å². The van der Waals surface area contributed by atoms with Crippen LogP contribution in [0.3, 0.4) is 0 Å². The normalized spacial score (nSPS) is 23.6. The highest BCUT2D eigenvalue weighted by Gasteiger charge is 2.52. The molecule has 3 aromatic rings. The number of aryl methyl sites for hydroxylation is 1. The van der Waals surface area contributed by atoms with Crippen molar-refractivity contribution in [3.05, 3.63) is 72.3 Å². The van der Waals surface area contributed by atoms with Crippen LogP contribution < -0.4 is 4.90 Å². The Morgan fingerprint density at radius 1 is 1.00 bits per heavy atom. The molecule has 0 spiro atoms. The highest BCUT2D eigenvalue weighted by molar-refractivity contribution is 5.80. The molecule has 29 heavy (non-hydrogen) atoms. The Kier molecular flexibility index (Phi) is 4.50. The number of likely N-dealkylation sites (tertiary alicyclic amines) is 1. The van der Waals surface area contributed by atoms with Crippen LogP contribution in [0.1, 0.15) is 18.9 Å². The van der Waals surface area contributed by atoms with Gasteiger partial charge in [0.2, 0.25) is 5.91 Å². The van der Waals surface area contributed by atoms with Gasteiger partial charge in [-0.1, -0.05) is 48.5 Å². The molecular weight excluding hydrogens is 358 g/mol. The topological polar surface area (TPSA) is 36.4 Å². The van der Waals surface area contributed by atoms with Gasteiger partial charge in [0.05, 0.1) is 5.52 Å². The van der Waals surface area contributed by atoms with Crippen molar-refractivity contribution < 1.29 is 4.79 Å². The summed E-state index contributed by atoms with van der Waals surface area (Å²) in [6, 6.07) is 23.3. The third kappa shape index (κ3) is 3.37. The fraction of sp³-hybridized carbons (Fsp3) is 0.360. The van der Waals surface area contributed by atoms with Crippen molar-refractivity contribution in [3.63, 3.8) is 0 Å². The smallest absolute Gasteiger partial charge is 0.219 e. The molecule has 2 aliphatic heterocycles. The molecule has 5 rings (SSSR count). The highest BCUT2D eigenvalue weighted by Crippen LogP contribution is 2.46. The average molecular weight is 386 g/mol. The number of rotatable bonds is 4. The molecule has 2 atom stereocenters. The summed E-state index contributed by atoms with van der Waals surface area (Å²) in [4.78, 5) is 21.5. The minimum atomic E-state index is 0.148. The van der Waals surface area contributed by atoms with Crippen molar-refractivity contribution >= 4 is 22.6 Å². The minimum absolute atomic E-state index is 0.148. The summed E-state index contributed by atoms with van der Waals surface area (Å²) in [5, 5.41) is 1.18. The van der Waals surface area contributed by atoms with Gasteiger partial charge in [-0.25, -0.2) is 4.98 Å². The van der Waals surface area contributed by atoms with Crippen molar-refractivity contribution in [2.75, 3.05) is 31.1 Å². The number of fused-ring (bicyclic) bond motifs is 2. The van der Waals surface area contributed by atoms with E-state index in [-0.39, 0.29) is 11.3 Å². The quantitative estimate of drug-likeness (QED) is 0.677. The number of hydrogen-bond donors (Lipinski definition) is 0. The van der Waals surface area contributed by atoms with Crippen LogP contribution in [0.5, 0.6) is 0 Å². The van der Waals surface area contributed by atoms with E-state index in [1.807, 2.05) is 6.07 Å². The van der Waals surface area contributed by atoms with Crippen LogP contribution in [0.4, 0.5) is 5.82 Å². The first-order chi connectivity index (χ1) is 14.1. The second kappa shape index (κ2) is 7.18. The fourth-order valence-electron chi connectivity index (χ4n) is 5.22. The Morgan fingerprint density at radius 3 is 2.62 bits per heavy atom. The average Bonchev–Trinajstić information content (AvgIpc) is 3.27. The maximum absolute atomic E-state index is 12.1. The molecule has 4 nitrogen and oxygen atoms in total. The van der Waals surface area contributed by atoms with Crippen LogP contribution in [0.2, 0.25) is 0 Å². The molecule has 0 radical (unpaired) electrons. The van der Waals surface area contributed by atoms with Crippen molar-refractivity contribution in [2.45, 2.75) is 19.8 Å². The number of anilines is 1. The molecule has 2 unspecified atom stereocenters. The number of carbonyl (C=O) groups is 1. The molecule has 2 saturated heterocycles. The first-order valence-corrected chi connectivity index (χ1v) is 10.5. The molecule has 2 fully saturated rings. The van der Waals surface area contributed by atoms with E-state index in [1.165, 1.54) is 10.9 Å². The third-order valence-electron chi connectivity index (χ3n) is 6.87. The van der Waals surface area contributed by atoms with Crippen LogP contribution in [0.25, 0.3) is 10.9 Å². The van der Waals surface area contributed by atoms with E-state index in [0.29, 0.717) is 5.92 Å². The Hall–Kier alpha value is -2.88.